The second kappa shape index (κ2) is 9.15. The molecule has 2 aromatic carbocycles. The normalized spacial score (nSPS) is 21.2. The lowest BCUT2D eigenvalue weighted by Crippen LogP contribution is -2.15. The number of fused-ring (bicyclic) bond motifs is 2. The van der Waals surface area contributed by atoms with Crippen LogP contribution < -0.4 is 5.32 Å². The number of aryl methyl sites for hydroxylation is 2. The van der Waals surface area contributed by atoms with Crippen molar-refractivity contribution < 1.29 is 9.84 Å². The van der Waals surface area contributed by atoms with E-state index in [0.717, 1.165) is 48.9 Å². The van der Waals surface area contributed by atoms with E-state index in [9.17, 15) is 5.11 Å². The summed E-state index contributed by atoms with van der Waals surface area (Å²) in [5, 5.41) is 15.4. The number of aromatic nitrogens is 2. The summed E-state index contributed by atoms with van der Waals surface area (Å²) in [6.07, 6.45) is 9.42. The number of para-hydroxylation sites is 1. The van der Waals surface area contributed by atoms with Crippen LogP contribution in [0.25, 0.3) is 10.9 Å². The van der Waals surface area contributed by atoms with Crippen molar-refractivity contribution in [2.45, 2.75) is 69.7 Å². The first-order valence-corrected chi connectivity index (χ1v) is 13.1. The van der Waals surface area contributed by atoms with Gasteiger partial charge in [-0.1, -0.05) is 42.5 Å². The van der Waals surface area contributed by atoms with E-state index in [1.54, 1.807) is 7.11 Å². The van der Waals surface area contributed by atoms with E-state index < -0.39 is 5.60 Å². The van der Waals surface area contributed by atoms with Gasteiger partial charge in [-0.2, -0.15) is 0 Å². The number of aromatic amines is 1. The Balaban J connectivity index is 1.08. The summed E-state index contributed by atoms with van der Waals surface area (Å²) in [5.41, 5.74) is 9.09. The van der Waals surface area contributed by atoms with Crippen molar-refractivity contribution in [2.75, 3.05) is 7.11 Å². The third-order valence-electron chi connectivity index (χ3n) is 8.00. The topological polar surface area (TPSA) is 80.1 Å². The van der Waals surface area contributed by atoms with Gasteiger partial charge < -0.3 is 14.8 Å². The van der Waals surface area contributed by atoms with Crippen molar-refractivity contribution in [3.05, 3.63) is 100.0 Å². The van der Waals surface area contributed by atoms with Gasteiger partial charge in [0.25, 0.3) is 0 Å². The van der Waals surface area contributed by atoms with Gasteiger partial charge in [0.2, 0.25) is 0 Å². The van der Waals surface area contributed by atoms with Gasteiger partial charge in [-0.05, 0) is 79.8 Å². The molecule has 0 saturated carbocycles. The number of nitrogens with one attached hydrogen (secondary N) is 2. The van der Waals surface area contributed by atoms with E-state index >= 15 is 0 Å². The molecule has 4 aromatic rings. The largest absolute Gasteiger partial charge is 0.386 e. The van der Waals surface area contributed by atoms with Crippen molar-refractivity contribution >= 4 is 10.9 Å². The first kappa shape index (κ1) is 23.4. The van der Waals surface area contributed by atoms with Crippen molar-refractivity contribution in [3.8, 4) is 0 Å². The second-order valence-electron chi connectivity index (χ2n) is 10.8. The maximum absolute atomic E-state index is 10.5. The molecule has 3 N–H and O–H groups in total. The Kier molecular flexibility index (Phi) is 5.95. The first-order valence-electron chi connectivity index (χ1n) is 13.1. The highest BCUT2D eigenvalue weighted by molar-refractivity contribution is 5.86. The molecular weight excluding hydrogens is 446 g/mol. The van der Waals surface area contributed by atoms with Crippen LogP contribution in [0.4, 0.5) is 0 Å². The fourth-order valence-electron chi connectivity index (χ4n) is 6.01. The van der Waals surface area contributed by atoms with Crippen LogP contribution in [0.5, 0.6) is 0 Å². The number of ether oxygens (including phenoxy) is 1. The van der Waals surface area contributed by atoms with E-state index in [0.29, 0.717) is 12.1 Å². The average molecular weight is 482 g/mol. The molecule has 6 rings (SSSR count). The standard InChI is InChI=1S/C31H35N3O2/c1-31(2,35)25-9-5-8-22-21(18-33-28(22)25)7-4-6-19-10-12-20(13-11-19)27-30(34-27)24-16-17-32-29-23(24)14-15-26(29)36-3/h5,8-13,16-18,26-27,30,33-35H,4,6-7,14-15H2,1-3H3. The Hall–Kier alpha value is -2.99. The predicted molar refractivity (Wildman–Crippen MR) is 143 cm³/mol. The van der Waals surface area contributed by atoms with Crippen molar-refractivity contribution in [2.24, 2.45) is 0 Å². The Labute approximate surface area is 212 Å². The molecule has 5 nitrogen and oxygen atoms in total. The Morgan fingerprint density at radius 2 is 1.89 bits per heavy atom. The van der Waals surface area contributed by atoms with Crippen molar-refractivity contribution in [1.82, 2.24) is 15.3 Å². The van der Waals surface area contributed by atoms with E-state index in [1.807, 2.05) is 32.2 Å². The molecule has 1 aliphatic carbocycles. The first-order chi connectivity index (χ1) is 17.4. The molecule has 3 heterocycles. The zero-order valence-corrected chi connectivity index (χ0v) is 21.3. The van der Waals surface area contributed by atoms with Gasteiger partial charge in [-0.15, -0.1) is 0 Å². The number of aliphatic hydroxyl groups is 1. The molecule has 1 saturated heterocycles. The molecule has 3 atom stereocenters. The molecular formula is C31H35N3O2. The maximum Gasteiger partial charge on any atom is 0.0996 e. The lowest BCUT2D eigenvalue weighted by molar-refractivity contribution is 0.0800. The SMILES string of the molecule is COC1CCc2c(C3NC3c3ccc(CCCc4c[nH]c5c(C(C)(C)O)cccc45)cc3)ccnc21. The molecule has 0 spiro atoms. The quantitative estimate of drug-likeness (QED) is 0.270. The van der Waals surface area contributed by atoms with Crippen LogP contribution in [0.2, 0.25) is 0 Å². The van der Waals surface area contributed by atoms with Crippen LogP contribution >= 0.6 is 0 Å². The van der Waals surface area contributed by atoms with Crippen LogP contribution in [-0.4, -0.2) is 22.2 Å². The molecule has 1 fully saturated rings. The molecule has 2 aliphatic rings. The number of hydrogen-bond acceptors (Lipinski definition) is 4. The van der Waals surface area contributed by atoms with Gasteiger partial charge in [0.1, 0.15) is 0 Å². The highest BCUT2D eigenvalue weighted by Gasteiger charge is 2.41. The smallest absolute Gasteiger partial charge is 0.0996 e. The molecule has 0 bridgehead atoms. The summed E-state index contributed by atoms with van der Waals surface area (Å²) >= 11 is 0. The minimum atomic E-state index is -0.859. The molecule has 1 aliphatic heterocycles. The third-order valence-corrected chi connectivity index (χ3v) is 8.00. The van der Waals surface area contributed by atoms with Gasteiger partial charge in [-0.25, -0.2) is 0 Å². The number of benzene rings is 2. The number of methoxy groups -OCH3 is 1. The van der Waals surface area contributed by atoms with Crippen LogP contribution in [-0.2, 0) is 29.6 Å². The molecule has 5 heteroatoms. The van der Waals surface area contributed by atoms with Gasteiger partial charge in [0, 0.05) is 30.5 Å². The van der Waals surface area contributed by atoms with Crippen molar-refractivity contribution in [3.63, 3.8) is 0 Å². The van der Waals surface area contributed by atoms with Crippen molar-refractivity contribution in [1.29, 1.82) is 0 Å². The maximum atomic E-state index is 10.5. The van der Waals surface area contributed by atoms with E-state index in [4.69, 9.17) is 4.74 Å². The Morgan fingerprint density at radius 3 is 2.67 bits per heavy atom. The minimum Gasteiger partial charge on any atom is -0.386 e. The third kappa shape index (κ3) is 4.26. The molecule has 0 radical (unpaired) electrons. The predicted octanol–water partition coefficient (Wildman–Crippen LogP) is 5.98. The zero-order chi connectivity index (χ0) is 24.9. The van der Waals surface area contributed by atoms with Crippen LogP contribution in [0.1, 0.15) is 84.0 Å². The zero-order valence-electron chi connectivity index (χ0n) is 21.3. The summed E-state index contributed by atoms with van der Waals surface area (Å²) in [5.74, 6) is 0. The summed E-state index contributed by atoms with van der Waals surface area (Å²) in [7, 11) is 1.78. The second-order valence-corrected chi connectivity index (χ2v) is 10.8. The van der Waals surface area contributed by atoms with Gasteiger partial charge in [0.15, 0.2) is 0 Å². The number of pyridine rings is 1. The highest BCUT2D eigenvalue weighted by atomic mass is 16.5. The fourth-order valence-corrected chi connectivity index (χ4v) is 6.01. The fraction of sp³-hybridized carbons (Fsp3) is 0.387. The lowest BCUT2D eigenvalue weighted by atomic mass is 9.94. The average Bonchev–Trinajstić information content (AvgIpc) is 3.38. The molecule has 2 aromatic heterocycles. The Bertz CT molecular complexity index is 1380. The number of H-pyrrole nitrogens is 1. The lowest BCUT2D eigenvalue weighted by Gasteiger charge is -2.18. The highest BCUT2D eigenvalue weighted by Crippen LogP contribution is 2.46. The molecule has 186 valence electrons. The number of nitrogens with zero attached hydrogens (tertiary/aromatic N) is 1. The molecule has 3 unspecified atom stereocenters. The monoisotopic (exact) mass is 481 g/mol. The Morgan fingerprint density at radius 1 is 1.06 bits per heavy atom. The number of hydrogen-bond donors (Lipinski definition) is 3. The summed E-state index contributed by atoms with van der Waals surface area (Å²) in [4.78, 5) is 8.00. The number of rotatable bonds is 8. The van der Waals surface area contributed by atoms with Crippen LogP contribution in [0, 0.1) is 0 Å². The molecule has 0 amide bonds. The van der Waals surface area contributed by atoms with Gasteiger partial charge in [0.05, 0.1) is 35.0 Å². The summed E-state index contributed by atoms with van der Waals surface area (Å²) < 4.78 is 5.62. The van der Waals surface area contributed by atoms with Gasteiger partial charge in [-0.3, -0.25) is 10.3 Å². The van der Waals surface area contributed by atoms with Crippen LogP contribution in [0.3, 0.4) is 0 Å². The van der Waals surface area contributed by atoms with E-state index in [2.05, 4.69) is 57.9 Å². The summed E-state index contributed by atoms with van der Waals surface area (Å²) in [6.45, 7) is 3.68. The molecule has 36 heavy (non-hydrogen) atoms. The minimum absolute atomic E-state index is 0.143. The van der Waals surface area contributed by atoms with Crippen LogP contribution in [0.15, 0.2) is 60.9 Å². The summed E-state index contributed by atoms with van der Waals surface area (Å²) in [6, 6.07) is 18.3. The van der Waals surface area contributed by atoms with E-state index in [-0.39, 0.29) is 6.10 Å². The van der Waals surface area contributed by atoms with Gasteiger partial charge >= 0.3 is 0 Å². The van der Waals surface area contributed by atoms with E-state index in [1.165, 1.54) is 33.2 Å².